The van der Waals surface area contributed by atoms with Crippen molar-refractivity contribution in [1.29, 1.82) is 4.78 Å². The molecule has 3 rings (SSSR count). The summed E-state index contributed by atoms with van der Waals surface area (Å²) < 4.78 is 20.8. The molecular weight excluding hydrogens is 312 g/mol. The summed E-state index contributed by atoms with van der Waals surface area (Å²) in [7, 11) is -2.49. The third-order valence-corrected chi connectivity index (χ3v) is 5.04. The number of carbonyl (C=O) groups is 1. The predicted molar refractivity (Wildman–Crippen MR) is 88.8 cm³/mol. The highest BCUT2D eigenvalue weighted by Crippen LogP contribution is 2.22. The highest BCUT2D eigenvalue weighted by Gasteiger charge is 2.33. The molecule has 2 aromatic rings. The lowest BCUT2D eigenvalue weighted by atomic mass is 9.99. The monoisotopic (exact) mass is 332 g/mol. The lowest BCUT2D eigenvalue weighted by Gasteiger charge is -2.39. The first-order chi connectivity index (χ1) is 10.9. The van der Waals surface area contributed by atoms with Crippen molar-refractivity contribution in [3.63, 3.8) is 0 Å². The molecule has 0 bridgehead atoms. The van der Waals surface area contributed by atoms with Crippen molar-refractivity contribution in [3.8, 4) is 0 Å². The number of nitrogens with one attached hydrogen (secondary N) is 1. The van der Waals surface area contributed by atoms with Crippen LogP contribution in [-0.4, -0.2) is 49.9 Å². The first kappa shape index (κ1) is 15.7. The maximum absolute atomic E-state index is 12.7. The lowest BCUT2D eigenvalue weighted by Crippen LogP contribution is -2.52. The number of aromatic nitrogens is 2. The molecule has 1 amide bonds. The van der Waals surface area contributed by atoms with E-state index in [0.717, 1.165) is 5.56 Å². The Bertz CT molecular complexity index is 793. The molecule has 7 heteroatoms. The van der Waals surface area contributed by atoms with E-state index in [-0.39, 0.29) is 11.8 Å². The Kier molecular flexibility index (Phi) is 4.21. The van der Waals surface area contributed by atoms with Crippen LogP contribution >= 0.6 is 0 Å². The molecule has 0 radical (unpaired) electrons. The zero-order valence-electron chi connectivity index (χ0n) is 13.0. The van der Waals surface area contributed by atoms with E-state index < -0.39 is 9.73 Å². The van der Waals surface area contributed by atoms with Crippen LogP contribution in [0.5, 0.6) is 0 Å². The Morgan fingerprint density at radius 1 is 1.35 bits per heavy atom. The van der Waals surface area contributed by atoms with Crippen LogP contribution in [0.1, 0.15) is 15.9 Å². The van der Waals surface area contributed by atoms with Crippen LogP contribution in [-0.2, 0) is 16.3 Å². The maximum atomic E-state index is 12.7. The normalized spacial score (nSPS) is 17.5. The highest BCUT2D eigenvalue weighted by atomic mass is 32.2. The van der Waals surface area contributed by atoms with E-state index in [0.29, 0.717) is 31.0 Å². The summed E-state index contributed by atoms with van der Waals surface area (Å²) >= 11 is 0. The summed E-state index contributed by atoms with van der Waals surface area (Å²) in [6.07, 6.45) is 5.04. The van der Waals surface area contributed by atoms with Crippen molar-refractivity contribution in [2.45, 2.75) is 6.54 Å². The lowest BCUT2D eigenvalue weighted by molar-refractivity contribution is 0.0534. The summed E-state index contributed by atoms with van der Waals surface area (Å²) in [5, 5.41) is 4.18. The molecule has 1 aromatic carbocycles. The van der Waals surface area contributed by atoms with Crippen LogP contribution in [0.15, 0.2) is 42.7 Å². The summed E-state index contributed by atoms with van der Waals surface area (Å²) in [6.45, 7) is 1.72. The molecule has 1 unspecified atom stereocenters. The Morgan fingerprint density at radius 3 is 2.74 bits per heavy atom. The van der Waals surface area contributed by atoms with Gasteiger partial charge in [-0.2, -0.15) is 5.10 Å². The van der Waals surface area contributed by atoms with Crippen molar-refractivity contribution >= 4 is 15.6 Å². The van der Waals surface area contributed by atoms with E-state index in [2.05, 4.69) is 5.10 Å². The van der Waals surface area contributed by atoms with E-state index >= 15 is 0 Å². The molecule has 1 atom stereocenters. The van der Waals surface area contributed by atoms with Crippen molar-refractivity contribution in [2.75, 3.05) is 25.1 Å². The van der Waals surface area contributed by atoms with E-state index in [4.69, 9.17) is 4.78 Å². The summed E-state index contributed by atoms with van der Waals surface area (Å²) in [4.78, 5) is 14.4. The largest absolute Gasteiger partial charge is 0.338 e. The number of likely N-dealkylation sites (tertiary alicyclic amines) is 1. The number of amides is 1. The van der Waals surface area contributed by atoms with Gasteiger partial charge in [-0.25, -0.2) is 0 Å². The molecule has 1 aliphatic rings. The van der Waals surface area contributed by atoms with Crippen molar-refractivity contribution in [3.05, 3.63) is 53.9 Å². The molecule has 6 nitrogen and oxygen atoms in total. The molecule has 23 heavy (non-hydrogen) atoms. The first-order valence-corrected chi connectivity index (χ1v) is 9.62. The second-order valence-electron chi connectivity index (χ2n) is 6.11. The maximum Gasteiger partial charge on any atom is 0.254 e. The van der Waals surface area contributed by atoms with E-state index in [1.165, 1.54) is 6.26 Å². The minimum absolute atomic E-state index is 0.00316. The molecule has 1 aromatic heterocycles. The molecule has 0 saturated carbocycles. The number of rotatable bonds is 5. The fourth-order valence-electron chi connectivity index (χ4n) is 2.90. The smallest absolute Gasteiger partial charge is 0.254 e. The first-order valence-electron chi connectivity index (χ1n) is 7.48. The number of hydrogen-bond acceptors (Lipinski definition) is 4. The molecule has 1 saturated heterocycles. The minimum Gasteiger partial charge on any atom is -0.338 e. The van der Waals surface area contributed by atoms with Gasteiger partial charge in [0.2, 0.25) is 0 Å². The number of benzene rings is 1. The van der Waals surface area contributed by atoms with Crippen LogP contribution in [0.3, 0.4) is 0 Å². The fourth-order valence-corrected chi connectivity index (χ4v) is 4.01. The van der Waals surface area contributed by atoms with Crippen LogP contribution in [0.2, 0.25) is 0 Å². The summed E-state index contributed by atoms with van der Waals surface area (Å²) in [5.74, 6) is 0.537. The minimum atomic E-state index is -2.49. The van der Waals surface area contributed by atoms with E-state index in [9.17, 15) is 9.00 Å². The number of hydrogen-bond donors (Lipinski definition) is 1. The average Bonchev–Trinajstić information content (AvgIpc) is 2.94. The highest BCUT2D eigenvalue weighted by molar-refractivity contribution is 7.91. The Balaban J connectivity index is 1.69. The molecule has 0 spiro atoms. The van der Waals surface area contributed by atoms with Crippen LogP contribution in [0, 0.1) is 10.7 Å². The van der Waals surface area contributed by atoms with Gasteiger partial charge in [-0.1, -0.05) is 18.2 Å². The Labute approximate surface area is 136 Å². The molecular formula is C16H20N4O2S. The third-order valence-electron chi connectivity index (χ3n) is 3.94. The zero-order chi connectivity index (χ0) is 16.4. The van der Waals surface area contributed by atoms with Gasteiger partial charge in [0.25, 0.3) is 5.91 Å². The molecule has 1 aliphatic heterocycles. The standard InChI is InChI=1S/C16H20N4O2S/c1-23(17,22)12-13-9-19(10-13)16(21)15-6-3-2-5-14(15)11-20-8-4-7-18-20/h2-8,13,17H,9-12H2,1H3. The second-order valence-corrected chi connectivity index (χ2v) is 8.45. The van der Waals surface area contributed by atoms with Gasteiger partial charge in [0.05, 0.1) is 6.54 Å². The SMILES string of the molecule is CS(=N)(=O)CC1CN(C(=O)c2ccccc2Cn2cccn2)C1. The van der Waals surface area contributed by atoms with Crippen LogP contribution in [0.4, 0.5) is 0 Å². The Hall–Kier alpha value is -2.15. The second kappa shape index (κ2) is 6.16. The van der Waals surface area contributed by atoms with Crippen LogP contribution in [0.25, 0.3) is 0 Å². The van der Waals surface area contributed by atoms with Gasteiger partial charge in [-0.15, -0.1) is 0 Å². The molecule has 1 N–H and O–H groups in total. The van der Waals surface area contributed by atoms with Gasteiger partial charge in [-0.05, 0) is 17.7 Å². The topological polar surface area (TPSA) is 79.0 Å². The van der Waals surface area contributed by atoms with Crippen molar-refractivity contribution in [1.82, 2.24) is 14.7 Å². The quantitative estimate of drug-likeness (QED) is 0.905. The fraction of sp³-hybridized carbons (Fsp3) is 0.375. The van der Waals surface area contributed by atoms with Gasteiger partial charge in [0.15, 0.2) is 0 Å². The van der Waals surface area contributed by atoms with E-state index in [1.807, 2.05) is 36.5 Å². The predicted octanol–water partition coefficient (Wildman–Crippen LogP) is 1.68. The third kappa shape index (κ3) is 3.79. The molecule has 122 valence electrons. The van der Waals surface area contributed by atoms with Gasteiger partial charge in [-0.3, -0.25) is 18.5 Å². The Morgan fingerprint density at radius 2 is 2.09 bits per heavy atom. The molecule has 0 aliphatic carbocycles. The summed E-state index contributed by atoms with van der Waals surface area (Å²) in [5.41, 5.74) is 1.62. The van der Waals surface area contributed by atoms with Crippen LogP contribution < -0.4 is 0 Å². The van der Waals surface area contributed by atoms with Crippen molar-refractivity contribution in [2.24, 2.45) is 5.92 Å². The zero-order valence-corrected chi connectivity index (χ0v) is 13.8. The summed E-state index contributed by atoms with van der Waals surface area (Å²) in [6, 6.07) is 9.41. The average molecular weight is 332 g/mol. The molecule has 1 fully saturated rings. The molecule has 2 heterocycles. The number of carbonyl (C=O) groups excluding carboxylic acids is 1. The van der Waals surface area contributed by atoms with Gasteiger partial charge in [0, 0.05) is 58.7 Å². The van der Waals surface area contributed by atoms with E-state index in [1.54, 1.807) is 15.8 Å². The van der Waals surface area contributed by atoms with Gasteiger partial charge < -0.3 is 4.90 Å². The van der Waals surface area contributed by atoms with Gasteiger partial charge >= 0.3 is 0 Å². The number of nitrogens with zero attached hydrogens (tertiary/aromatic N) is 3. The van der Waals surface area contributed by atoms with Crippen molar-refractivity contribution < 1.29 is 9.00 Å². The van der Waals surface area contributed by atoms with Gasteiger partial charge in [0.1, 0.15) is 0 Å².